The minimum atomic E-state index is -3.11. The predicted octanol–water partition coefficient (Wildman–Crippen LogP) is -3.50. The zero-order valence-electron chi connectivity index (χ0n) is 40.4. The first-order valence-electron chi connectivity index (χ1n) is 24.6. The summed E-state index contributed by atoms with van der Waals surface area (Å²) in [7, 11) is 0. The molecule has 21 atom stereocenters. The summed E-state index contributed by atoms with van der Waals surface area (Å²) in [4.78, 5) is 38.6. The Kier molecular flexibility index (Phi) is 24.9. The van der Waals surface area contributed by atoms with Gasteiger partial charge in [0.25, 0.3) is 5.79 Å². The molecule has 14 N–H and O–H groups in total. The maximum absolute atomic E-state index is 13.4. The number of nitrogens with one attached hydrogen (secondary N) is 2. The molecule has 0 aliphatic carbocycles. The molecule has 2 amide bonds. The molecule has 4 fully saturated rings. The van der Waals surface area contributed by atoms with Crippen LogP contribution in [-0.2, 0) is 52.3 Å². The van der Waals surface area contributed by atoms with Crippen LogP contribution in [0.25, 0.3) is 0 Å². The fourth-order valence-electron chi connectivity index (χ4n) is 9.16. The van der Waals surface area contributed by atoms with Crippen LogP contribution in [0.2, 0.25) is 0 Å². The number of carbonyl (C=O) groups excluding carboxylic acids is 2. The van der Waals surface area contributed by atoms with Gasteiger partial charge in [-0.05, 0) is 19.8 Å². The number of ether oxygens (including phenoxy) is 8. The Morgan fingerprint density at radius 1 is 0.671 bits per heavy atom. The number of carbonyl (C=O) groups is 3. The van der Waals surface area contributed by atoms with E-state index in [4.69, 9.17) is 37.9 Å². The number of aliphatic hydroxyl groups is 11. The van der Waals surface area contributed by atoms with E-state index in [2.05, 4.69) is 17.6 Å². The Labute approximate surface area is 407 Å². The molecule has 0 aromatic rings. The Bertz CT molecular complexity index is 1570. The number of hydrogen-bond donors (Lipinski definition) is 14. The molecule has 4 heterocycles. The third-order valence-electron chi connectivity index (χ3n) is 13.1. The molecule has 4 rings (SSSR count). The summed E-state index contributed by atoms with van der Waals surface area (Å²) in [6, 6.07) is -2.97. The van der Waals surface area contributed by atoms with E-state index in [1.54, 1.807) is 6.92 Å². The van der Waals surface area contributed by atoms with Gasteiger partial charge in [0.05, 0.1) is 38.1 Å². The molecule has 0 unspecified atom stereocenters. The second-order valence-electron chi connectivity index (χ2n) is 18.7. The normalized spacial score (nSPS) is 39.0. The van der Waals surface area contributed by atoms with Crippen LogP contribution in [0.5, 0.6) is 0 Å². The van der Waals surface area contributed by atoms with Crippen LogP contribution in [0.4, 0.5) is 0 Å². The van der Waals surface area contributed by atoms with Crippen LogP contribution in [-0.4, -0.2) is 234 Å². The van der Waals surface area contributed by atoms with Crippen LogP contribution in [0.3, 0.4) is 0 Å². The van der Waals surface area contributed by atoms with Crippen molar-refractivity contribution in [2.24, 2.45) is 0 Å². The van der Waals surface area contributed by atoms with Gasteiger partial charge in [0.15, 0.2) is 18.9 Å². The van der Waals surface area contributed by atoms with Gasteiger partial charge in [0, 0.05) is 26.4 Å². The van der Waals surface area contributed by atoms with Gasteiger partial charge in [-0.3, -0.25) is 9.59 Å². The highest BCUT2D eigenvalue weighted by Gasteiger charge is 2.61. The Morgan fingerprint density at radius 2 is 1.26 bits per heavy atom. The minimum Gasteiger partial charge on any atom is -0.477 e. The molecular weight excluding hydrogens is 936 g/mol. The van der Waals surface area contributed by atoms with Crippen molar-refractivity contribution in [3.63, 3.8) is 0 Å². The zero-order chi connectivity index (χ0) is 51.9. The van der Waals surface area contributed by atoms with E-state index in [9.17, 15) is 75.7 Å². The fraction of sp³-hybridized carbons (Fsp3) is 0.933. The zero-order valence-corrected chi connectivity index (χ0v) is 40.4. The highest BCUT2D eigenvalue weighted by Crippen LogP contribution is 2.39. The van der Waals surface area contributed by atoms with Gasteiger partial charge >= 0.3 is 5.97 Å². The summed E-state index contributed by atoms with van der Waals surface area (Å²) in [5.41, 5.74) is 0. The van der Waals surface area contributed by atoms with E-state index in [0.717, 1.165) is 39.0 Å². The maximum atomic E-state index is 13.4. The molecule has 4 aliphatic rings. The van der Waals surface area contributed by atoms with E-state index < -0.39 is 172 Å². The van der Waals surface area contributed by atoms with Gasteiger partial charge in [-0.2, -0.15) is 0 Å². The molecule has 70 heavy (non-hydrogen) atoms. The van der Waals surface area contributed by atoms with Crippen LogP contribution < -0.4 is 10.6 Å². The molecular formula is C45H80N2O23. The van der Waals surface area contributed by atoms with Gasteiger partial charge in [0.1, 0.15) is 85.4 Å². The number of carboxylic acid groups (broad SMARTS) is 1. The lowest BCUT2D eigenvalue weighted by atomic mass is 9.88. The Morgan fingerprint density at radius 3 is 1.83 bits per heavy atom. The third kappa shape index (κ3) is 15.6. The summed E-state index contributed by atoms with van der Waals surface area (Å²) >= 11 is 0. The van der Waals surface area contributed by atoms with Gasteiger partial charge in [0.2, 0.25) is 11.8 Å². The second-order valence-corrected chi connectivity index (χ2v) is 18.7. The average molecular weight is 1020 g/mol. The first-order chi connectivity index (χ1) is 33.3. The highest BCUT2D eigenvalue weighted by atomic mass is 16.8. The maximum Gasteiger partial charge on any atom is 0.364 e. The van der Waals surface area contributed by atoms with Crippen molar-refractivity contribution >= 4 is 17.8 Å². The first kappa shape index (κ1) is 60.2. The molecule has 0 bridgehead atoms. The Hall–Kier alpha value is -2.35. The first-order valence-corrected chi connectivity index (χ1v) is 24.6. The average Bonchev–Trinajstić information content (AvgIpc) is 3.32. The van der Waals surface area contributed by atoms with E-state index >= 15 is 0 Å². The van der Waals surface area contributed by atoms with E-state index in [0.29, 0.717) is 12.8 Å². The van der Waals surface area contributed by atoms with Crippen molar-refractivity contribution in [2.75, 3.05) is 26.4 Å². The monoisotopic (exact) mass is 1020 g/mol. The smallest absolute Gasteiger partial charge is 0.364 e. The van der Waals surface area contributed by atoms with Gasteiger partial charge in [-0.15, -0.1) is 0 Å². The van der Waals surface area contributed by atoms with Crippen molar-refractivity contribution in [3.8, 4) is 0 Å². The standard InChI is InChI=1S/C45H80N2O23/c1-5-7-8-9-10-11-12-13-14-15-17-63-41-30(47-28(54)16-6-2)39(68-42-35(59)34(58)31(55)22(3)64-42)37(27(21-50)66-41)67-43-36(60)40(33(57)26(20-49)65-43)70-45(44(61)62)18-24(52)29(46-23(4)51)38(69-45)32(56)25(53)19-48/h22,24-27,29-43,48-50,52-53,55-60H,5-21H2,1-4H3,(H,46,51)(H,47,54)(H,61,62)/t22-,24-,25+,26+,27+,29+,30+,31+,32+,33-,34+,35-,36+,37+,38+,39+,40-,41+,42-,43-,45-/m0/s1. The molecule has 4 saturated heterocycles. The number of carboxylic acids is 1. The van der Waals surface area contributed by atoms with Gasteiger partial charge in [-0.25, -0.2) is 4.79 Å². The second kappa shape index (κ2) is 28.9. The molecule has 25 heteroatoms. The largest absolute Gasteiger partial charge is 0.477 e. The number of aliphatic hydroxyl groups excluding tert-OH is 11. The lowest BCUT2D eigenvalue weighted by molar-refractivity contribution is -0.391. The molecule has 0 spiro atoms. The van der Waals surface area contributed by atoms with Crippen LogP contribution in [0.15, 0.2) is 0 Å². The van der Waals surface area contributed by atoms with Crippen LogP contribution in [0.1, 0.15) is 111 Å². The van der Waals surface area contributed by atoms with E-state index in [-0.39, 0.29) is 13.0 Å². The fourth-order valence-corrected chi connectivity index (χ4v) is 9.16. The predicted molar refractivity (Wildman–Crippen MR) is 238 cm³/mol. The molecule has 0 aromatic heterocycles. The lowest BCUT2D eigenvalue weighted by Gasteiger charge is -2.51. The summed E-state index contributed by atoms with van der Waals surface area (Å²) in [6.07, 6.45) is -23.2. The number of hydrogen-bond acceptors (Lipinski definition) is 22. The number of aliphatic carboxylic acids is 1. The van der Waals surface area contributed by atoms with Crippen LogP contribution in [0, 0.1) is 0 Å². The van der Waals surface area contributed by atoms with Crippen molar-refractivity contribution < 1.29 is 114 Å². The lowest BCUT2D eigenvalue weighted by Crippen LogP contribution is -2.71. The summed E-state index contributed by atoms with van der Waals surface area (Å²) in [6.45, 7) is 3.50. The van der Waals surface area contributed by atoms with Gasteiger partial charge in [-0.1, -0.05) is 71.6 Å². The molecule has 25 nitrogen and oxygen atoms in total. The van der Waals surface area contributed by atoms with E-state index in [1.807, 2.05) is 0 Å². The molecule has 408 valence electrons. The number of rotatable bonds is 28. The summed E-state index contributed by atoms with van der Waals surface area (Å²) < 4.78 is 48.2. The minimum absolute atomic E-state index is 0.00211. The summed E-state index contributed by atoms with van der Waals surface area (Å²) in [5.74, 6) is -6.40. The molecule has 0 radical (unpaired) electrons. The Balaban J connectivity index is 1.68. The van der Waals surface area contributed by atoms with E-state index in [1.165, 1.54) is 32.6 Å². The van der Waals surface area contributed by atoms with Crippen LogP contribution >= 0.6 is 0 Å². The number of amides is 2. The SMILES string of the molecule is CCCCCCCCCCCCO[C@@H]1O[C@H](CO)[C@@H](O[C@@H]2O[C@H](CO)[C@H](O)[C@H](O[C@]3(C(=O)O)C[C@H](O)[C@@H](NC(C)=O)[C@H]([C@H](O)[C@H](O)CO)O3)[C@H]2O)[C@H](O[C@@H]2O[C@@H](C)[C@@H](O)[C@@H](O)[C@@H]2O)[C@H]1NC(=O)CCC. The van der Waals surface area contributed by atoms with Gasteiger partial charge < -0.3 is 110 Å². The summed E-state index contributed by atoms with van der Waals surface area (Å²) in [5, 5.41) is 135. The van der Waals surface area contributed by atoms with Crippen molar-refractivity contribution in [1.82, 2.24) is 10.6 Å². The van der Waals surface area contributed by atoms with Crippen molar-refractivity contribution in [2.45, 2.75) is 239 Å². The third-order valence-corrected chi connectivity index (χ3v) is 13.1. The molecule has 4 aliphatic heterocycles. The molecule has 0 aromatic carbocycles. The highest BCUT2D eigenvalue weighted by molar-refractivity contribution is 5.77. The molecule has 0 saturated carbocycles. The number of unbranched alkanes of at least 4 members (excludes halogenated alkanes) is 9. The van der Waals surface area contributed by atoms with Crippen molar-refractivity contribution in [1.29, 1.82) is 0 Å². The quantitative estimate of drug-likeness (QED) is 0.0338. The van der Waals surface area contributed by atoms with Crippen molar-refractivity contribution in [3.05, 3.63) is 0 Å². The topological polar surface area (TPSA) is 392 Å².